The monoisotopic (exact) mass is 880 g/mol. The smallest absolute Gasteiger partial charge is 0.267 e. The Morgan fingerprint density at radius 1 is 1.10 bits per heavy atom. The van der Waals surface area contributed by atoms with Gasteiger partial charge in [-0.2, -0.15) is 5.26 Å². The van der Waals surface area contributed by atoms with Gasteiger partial charge >= 0.3 is 0 Å². The van der Waals surface area contributed by atoms with Crippen LogP contribution in [0.4, 0.5) is 28.9 Å². The maximum Gasteiger partial charge on any atom is 0.267 e. The van der Waals surface area contributed by atoms with Crippen LogP contribution in [0.3, 0.4) is 0 Å². The lowest BCUT2D eigenvalue weighted by molar-refractivity contribution is -0.126. The van der Waals surface area contributed by atoms with Crippen LogP contribution in [0.15, 0.2) is 59.7 Å². The second-order valence-electron chi connectivity index (χ2n) is 15.8. The van der Waals surface area contributed by atoms with Gasteiger partial charge in [-0.15, -0.1) is 0 Å². The molecule has 62 heavy (non-hydrogen) atoms. The third kappa shape index (κ3) is 10.9. The van der Waals surface area contributed by atoms with E-state index >= 15 is 17.6 Å². The van der Waals surface area contributed by atoms with Crippen molar-refractivity contribution in [2.45, 2.75) is 102 Å². The Morgan fingerprint density at radius 2 is 1.87 bits per heavy atom. The number of fused-ring (bicyclic) bond motifs is 1. The molecule has 332 valence electrons. The number of anilines is 2. The zero-order valence-electron chi connectivity index (χ0n) is 35.1. The van der Waals surface area contributed by atoms with Gasteiger partial charge in [0.05, 0.1) is 54.1 Å². The zero-order chi connectivity index (χ0) is 44.6. The summed E-state index contributed by atoms with van der Waals surface area (Å²) in [5, 5.41) is 15.1. The van der Waals surface area contributed by atoms with Crippen LogP contribution in [0.5, 0.6) is 11.5 Å². The molecule has 1 aliphatic carbocycles. The van der Waals surface area contributed by atoms with E-state index < -0.39 is 48.0 Å². The highest BCUT2D eigenvalue weighted by atomic mass is 32.2. The fraction of sp³-hybridized carbons (Fsp3) is 0.477. The largest absolute Gasteiger partial charge is 0.453 e. The van der Waals surface area contributed by atoms with E-state index in [0.29, 0.717) is 56.3 Å². The van der Waals surface area contributed by atoms with Crippen molar-refractivity contribution in [2.24, 2.45) is 0 Å². The number of nitrogens with one attached hydrogen (secondary N) is 3. The molecule has 0 radical (unpaired) electrons. The number of ether oxygens (including phenoxy) is 2. The molecule has 1 saturated heterocycles. The number of halogens is 4. The lowest BCUT2D eigenvalue weighted by Gasteiger charge is -2.44. The summed E-state index contributed by atoms with van der Waals surface area (Å²) >= 11 is 1.25. The minimum atomic E-state index is -3.18. The van der Waals surface area contributed by atoms with Crippen molar-refractivity contribution in [3.05, 3.63) is 88.0 Å². The van der Waals surface area contributed by atoms with Gasteiger partial charge in [-0.05, 0) is 107 Å². The highest BCUT2D eigenvalue weighted by Crippen LogP contribution is 2.43. The van der Waals surface area contributed by atoms with Crippen molar-refractivity contribution in [2.75, 3.05) is 43.3 Å². The number of nitriles is 1. The van der Waals surface area contributed by atoms with E-state index in [-0.39, 0.29) is 70.8 Å². The number of hydrogen-bond donors (Lipinski definition) is 3. The standard InChI is InChI=1S/C44H52F4N8O5S/c1-5-7-40(42(58)51-26-57)52-28-8-14-32(37(46)20-28)35-18-19-55(24-44(35,47)48)29-9-11-30(12-10-29)60-23-27(3)56-25-50-38-16-13-31(21-33(38)43(56)59)61-41-34(22-49)39(17-15-36(41)45)53-62-54(4)6-2/h8,13-17,20-21,25-27,29-30,35,40,52-53H,5-7,9-12,18-19,23-24H2,1-4H3,(H,51,57,58). The van der Waals surface area contributed by atoms with Crippen molar-refractivity contribution in [3.63, 3.8) is 0 Å². The van der Waals surface area contributed by atoms with Crippen molar-refractivity contribution < 1.29 is 36.6 Å². The molecule has 1 saturated carbocycles. The van der Waals surface area contributed by atoms with Crippen LogP contribution in [-0.4, -0.2) is 88.5 Å². The van der Waals surface area contributed by atoms with E-state index in [1.165, 1.54) is 53.4 Å². The average Bonchev–Trinajstić information content (AvgIpc) is 3.26. The summed E-state index contributed by atoms with van der Waals surface area (Å²) in [5.74, 6) is -6.68. The number of rotatable bonds is 18. The van der Waals surface area contributed by atoms with Crippen LogP contribution < -0.4 is 25.7 Å². The first-order valence-electron chi connectivity index (χ1n) is 20.9. The minimum absolute atomic E-state index is 0.0268. The van der Waals surface area contributed by atoms with E-state index in [9.17, 15) is 19.6 Å². The quantitative estimate of drug-likeness (QED) is 0.0503. The van der Waals surface area contributed by atoms with Crippen molar-refractivity contribution in [1.29, 1.82) is 5.26 Å². The molecule has 1 aromatic heterocycles. The number of nitrogens with zero attached hydrogens (tertiary/aromatic N) is 5. The van der Waals surface area contributed by atoms with Gasteiger partial charge in [-0.3, -0.25) is 29.2 Å². The molecule has 6 rings (SSSR count). The fourth-order valence-electron chi connectivity index (χ4n) is 8.07. The van der Waals surface area contributed by atoms with Crippen molar-refractivity contribution in [3.8, 4) is 17.6 Å². The van der Waals surface area contributed by atoms with E-state index in [2.05, 4.69) is 20.3 Å². The van der Waals surface area contributed by atoms with Gasteiger partial charge in [-0.1, -0.05) is 26.3 Å². The summed E-state index contributed by atoms with van der Waals surface area (Å²) in [6.45, 7) is 6.48. The third-order valence-corrected chi connectivity index (χ3v) is 12.5. The summed E-state index contributed by atoms with van der Waals surface area (Å²) in [7, 11) is 1.86. The van der Waals surface area contributed by atoms with Gasteiger partial charge in [0, 0.05) is 30.4 Å². The second-order valence-corrected chi connectivity index (χ2v) is 16.8. The number of carbonyl (C=O) groups is 2. The highest BCUT2D eigenvalue weighted by molar-refractivity contribution is 7.98. The molecule has 3 unspecified atom stereocenters. The summed E-state index contributed by atoms with van der Waals surface area (Å²) in [5.41, 5.74) is 0.593. The number of alkyl halides is 2. The molecule has 2 fully saturated rings. The first kappa shape index (κ1) is 46.3. The molecule has 3 N–H and O–H groups in total. The fourth-order valence-corrected chi connectivity index (χ4v) is 8.62. The van der Waals surface area contributed by atoms with Gasteiger partial charge in [-0.25, -0.2) is 26.9 Å². The summed E-state index contributed by atoms with van der Waals surface area (Å²) < 4.78 is 80.4. The Balaban J connectivity index is 1.02. The maximum absolute atomic E-state index is 15.8. The lowest BCUT2D eigenvalue weighted by atomic mass is 9.83. The number of piperidine rings is 1. The molecule has 0 spiro atoms. The molecule has 1 aliphatic heterocycles. The molecule has 0 bridgehead atoms. The van der Waals surface area contributed by atoms with Crippen LogP contribution in [0.25, 0.3) is 10.9 Å². The molecule has 3 atom stereocenters. The number of imide groups is 1. The van der Waals surface area contributed by atoms with Gasteiger partial charge in [0.1, 0.15) is 29.2 Å². The van der Waals surface area contributed by atoms with Gasteiger partial charge < -0.3 is 19.5 Å². The van der Waals surface area contributed by atoms with Crippen LogP contribution in [0, 0.1) is 23.0 Å². The lowest BCUT2D eigenvalue weighted by Crippen LogP contribution is -2.52. The molecular weight excluding hydrogens is 829 g/mol. The van der Waals surface area contributed by atoms with Crippen LogP contribution in [-0.2, 0) is 14.3 Å². The topological polar surface area (TPSA) is 154 Å². The normalized spacial score (nSPS) is 20.0. The van der Waals surface area contributed by atoms with Crippen molar-refractivity contribution in [1.82, 2.24) is 24.1 Å². The van der Waals surface area contributed by atoms with Crippen LogP contribution in [0.2, 0.25) is 0 Å². The van der Waals surface area contributed by atoms with E-state index in [4.69, 9.17) is 9.47 Å². The van der Waals surface area contributed by atoms with Gasteiger partial charge in [0.25, 0.3) is 11.5 Å². The van der Waals surface area contributed by atoms with Crippen LogP contribution >= 0.6 is 12.1 Å². The summed E-state index contributed by atoms with van der Waals surface area (Å²) in [6, 6.07) is 12.0. The Bertz CT molecular complexity index is 2320. The predicted octanol–water partition coefficient (Wildman–Crippen LogP) is 8.13. The molecule has 3 aromatic carbocycles. The van der Waals surface area contributed by atoms with Crippen LogP contribution in [0.1, 0.15) is 88.8 Å². The third-order valence-electron chi connectivity index (χ3n) is 11.6. The molecular formula is C44H52F4N8O5S. The predicted molar refractivity (Wildman–Crippen MR) is 230 cm³/mol. The number of carbonyl (C=O) groups excluding carboxylic acids is 2. The van der Waals surface area contributed by atoms with Gasteiger partial charge in [0.2, 0.25) is 12.3 Å². The number of likely N-dealkylation sites (tertiary alicyclic amines) is 1. The van der Waals surface area contributed by atoms with E-state index in [1.807, 2.05) is 38.2 Å². The molecule has 2 aliphatic rings. The minimum Gasteiger partial charge on any atom is -0.453 e. The Kier molecular flexibility index (Phi) is 15.5. The average molecular weight is 881 g/mol. The molecule has 2 heterocycles. The second kappa shape index (κ2) is 20.8. The molecule has 2 amide bonds. The van der Waals surface area contributed by atoms with Crippen molar-refractivity contribution >= 4 is 46.7 Å². The molecule has 18 heteroatoms. The SMILES string of the molecule is CCCC(Nc1ccc(C2CCN(C3CCC(OCC(C)n4cnc5ccc(Oc6c(F)ccc(NSN(C)CC)c6C#N)cc5c4=O)CC3)CC2(F)F)c(F)c1)C(=O)NC=O. The number of benzene rings is 3. The van der Waals surface area contributed by atoms with Gasteiger partial charge in [0.15, 0.2) is 11.6 Å². The summed E-state index contributed by atoms with van der Waals surface area (Å²) in [4.78, 5) is 42.9. The summed E-state index contributed by atoms with van der Waals surface area (Å²) in [6.07, 6.45) is 5.27. The zero-order valence-corrected chi connectivity index (χ0v) is 36.0. The van der Waals surface area contributed by atoms with E-state index in [0.717, 1.165) is 12.6 Å². The number of amides is 2. The number of hydrogen-bond acceptors (Lipinski definition) is 12. The Labute approximate surface area is 362 Å². The van der Waals surface area contributed by atoms with E-state index in [1.54, 1.807) is 17.0 Å². The Morgan fingerprint density at radius 3 is 2.55 bits per heavy atom. The first-order valence-corrected chi connectivity index (χ1v) is 21.6. The Hall–Kier alpha value is -5.22. The number of aromatic nitrogens is 2. The maximum atomic E-state index is 15.8. The first-order chi connectivity index (χ1) is 29.8. The molecule has 13 nitrogen and oxygen atoms in total. The molecule has 4 aromatic rings. The highest BCUT2D eigenvalue weighted by Gasteiger charge is 2.48.